The Morgan fingerprint density at radius 1 is 1.23 bits per heavy atom. The van der Waals surface area contributed by atoms with Crippen LogP contribution >= 0.6 is 0 Å². The van der Waals surface area contributed by atoms with Crippen molar-refractivity contribution in [3.63, 3.8) is 0 Å². The summed E-state index contributed by atoms with van der Waals surface area (Å²) >= 11 is 0. The van der Waals surface area contributed by atoms with E-state index in [-0.39, 0.29) is 5.92 Å². The molecule has 0 heterocycles. The molecular formula is C28H46O3. The first kappa shape index (κ1) is 24.7. The fraction of sp³-hybridized carbons (Fsp3) is 0.786. The topological polar surface area (TPSA) is 60.7 Å². The largest absolute Gasteiger partial charge is 0.392 e. The normalized spacial score (nSPS) is 40.4. The average molecular weight is 431 g/mol. The van der Waals surface area contributed by atoms with Gasteiger partial charge in [0, 0.05) is 5.92 Å². The zero-order valence-corrected chi connectivity index (χ0v) is 20.5. The zero-order chi connectivity index (χ0) is 23.0. The highest BCUT2D eigenvalue weighted by Crippen LogP contribution is 2.60. The van der Waals surface area contributed by atoms with Gasteiger partial charge in [0.25, 0.3) is 0 Å². The smallest absolute Gasteiger partial charge is 0.0837 e. The lowest BCUT2D eigenvalue weighted by Crippen LogP contribution is -2.36. The molecule has 0 amide bonds. The molecule has 31 heavy (non-hydrogen) atoms. The third-order valence-corrected chi connectivity index (χ3v) is 8.97. The molecule has 0 aromatic rings. The van der Waals surface area contributed by atoms with E-state index in [1.165, 1.54) is 32.1 Å². The summed E-state index contributed by atoms with van der Waals surface area (Å²) in [6.07, 6.45) is 13.4. The fourth-order valence-electron chi connectivity index (χ4n) is 6.91. The number of fused-ring (bicyclic) bond motifs is 1. The van der Waals surface area contributed by atoms with Crippen LogP contribution in [0.5, 0.6) is 0 Å². The Balaban J connectivity index is 1.71. The summed E-state index contributed by atoms with van der Waals surface area (Å²) in [6, 6.07) is 0. The van der Waals surface area contributed by atoms with Gasteiger partial charge in [0.05, 0.1) is 17.8 Å². The summed E-state index contributed by atoms with van der Waals surface area (Å²) in [6.45, 7) is 14.8. The molecule has 3 fully saturated rings. The van der Waals surface area contributed by atoms with E-state index in [2.05, 4.69) is 32.6 Å². The van der Waals surface area contributed by atoms with Crippen molar-refractivity contribution in [1.82, 2.24) is 0 Å². The zero-order valence-electron chi connectivity index (χ0n) is 20.5. The van der Waals surface area contributed by atoms with Crippen LogP contribution in [0.15, 0.2) is 35.5 Å². The number of hydrogen-bond acceptors (Lipinski definition) is 3. The van der Waals surface area contributed by atoms with Crippen molar-refractivity contribution in [1.29, 1.82) is 0 Å². The van der Waals surface area contributed by atoms with Gasteiger partial charge in [-0.25, -0.2) is 0 Å². The first-order chi connectivity index (χ1) is 14.4. The van der Waals surface area contributed by atoms with Crippen LogP contribution in [-0.2, 0) is 0 Å². The Bertz CT molecular complexity index is 712. The first-order valence-electron chi connectivity index (χ1n) is 12.6. The van der Waals surface area contributed by atoms with E-state index in [9.17, 15) is 15.3 Å². The minimum Gasteiger partial charge on any atom is -0.392 e. The van der Waals surface area contributed by atoms with E-state index >= 15 is 0 Å². The summed E-state index contributed by atoms with van der Waals surface area (Å²) in [5.41, 5.74) is 3.15. The van der Waals surface area contributed by atoms with Crippen molar-refractivity contribution in [2.75, 3.05) is 0 Å². The van der Waals surface area contributed by atoms with Gasteiger partial charge in [-0.2, -0.15) is 0 Å². The van der Waals surface area contributed by atoms with Crippen LogP contribution in [0, 0.1) is 29.1 Å². The highest BCUT2D eigenvalue weighted by Gasteiger charge is 2.50. The molecule has 3 N–H and O–H groups in total. The number of aliphatic hydroxyl groups is 3. The van der Waals surface area contributed by atoms with Gasteiger partial charge in [0.15, 0.2) is 0 Å². The molecule has 3 nitrogen and oxygen atoms in total. The van der Waals surface area contributed by atoms with E-state index in [0.29, 0.717) is 23.7 Å². The lowest BCUT2D eigenvalue weighted by atomic mass is 9.60. The average Bonchev–Trinajstić information content (AvgIpc) is 3.04. The van der Waals surface area contributed by atoms with Crippen LogP contribution in [0.2, 0.25) is 0 Å². The van der Waals surface area contributed by atoms with Crippen LogP contribution in [0.1, 0.15) is 92.4 Å². The number of rotatable bonds is 6. The monoisotopic (exact) mass is 430 g/mol. The molecule has 3 saturated carbocycles. The molecule has 7 atom stereocenters. The Morgan fingerprint density at radius 2 is 1.94 bits per heavy atom. The van der Waals surface area contributed by atoms with Crippen molar-refractivity contribution >= 4 is 0 Å². The van der Waals surface area contributed by atoms with Crippen molar-refractivity contribution in [2.45, 2.75) is 110 Å². The maximum absolute atomic E-state index is 10.4. The minimum atomic E-state index is -0.648. The lowest BCUT2D eigenvalue weighted by Gasteiger charge is -2.44. The van der Waals surface area contributed by atoms with Gasteiger partial charge in [0.1, 0.15) is 0 Å². The van der Waals surface area contributed by atoms with Crippen LogP contribution in [-0.4, -0.2) is 33.1 Å². The molecule has 0 saturated heterocycles. The van der Waals surface area contributed by atoms with Gasteiger partial charge < -0.3 is 15.3 Å². The molecule has 0 radical (unpaired) electrons. The Morgan fingerprint density at radius 3 is 2.61 bits per heavy atom. The molecule has 3 rings (SSSR count). The molecule has 3 aliphatic carbocycles. The third-order valence-electron chi connectivity index (χ3n) is 8.97. The summed E-state index contributed by atoms with van der Waals surface area (Å²) in [5, 5.41) is 30.7. The summed E-state index contributed by atoms with van der Waals surface area (Å²) in [5.74, 6) is 1.94. The van der Waals surface area contributed by atoms with Gasteiger partial charge in [0.2, 0.25) is 0 Å². The molecule has 3 unspecified atom stereocenters. The number of aliphatic hydroxyl groups excluding tert-OH is 2. The highest BCUT2D eigenvalue weighted by atomic mass is 16.3. The molecular weight excluding hydrogens is 384 g/mol. The lowest BCUT2D eigenvalue weighted by molar-refractivity contribution is 0.0283. The van der Waals surface area contributed by atoms with Crippen LogP contribution in [0.4, 0.5) is 0 Å². The van der Waals surface area contributed by atoms with Gasteiger partial charge in [-0.3, -0.25) is 0 Å². The van der Waals surface area contributed by atoms with Crippen molar-refractivity contribution < 1.29 is 15.3 Å². The van der Waals surface area contributed by atoms with E-state index in [4.69, 9.17) is 0 Å². The Kier molecular flexibility index (Phi) is 7.61. The fourth-order valence-corrected chi connectivity index (χ4v) is 6.91. The van der Waals surface area contributed by atoms with Crippen LogP contribution in [0.25, 0.3) is 0 Å². The van der Waals surface area contributed by atoms with E-state index < -0.39 is 17.8 Å². The molecule has 176 valence electrons. The molecule has 0 aliphatic heterocycles. The predicted molar refractivity (Wildman–Crippen MR) is 129 cm³/mol. The van der Waals surface area contributed by atoms with Gasteiger partial charge in [-0.1, -0.05) is 57.9 Å². The first-order valence-corrected chi connectivity index (χ1v) is 12.6. The van der Waals surface area contributed by atoms with Gasteiger partial charge >= 0.3 is 0 Å². The SMILES string of the molecule is C=C1/C(=C/C=C2\CCCC3(C)C2CCC3[C@@H](C)CCCC(C)(C)O)C[C@@H](O)[C@H](C)[C@@H]1O. The summed E-state index contributed by atoms with van der Waals surface area (Å²) in [4.78, 5) is 0. The van der Waals surface area contributed by atoms with Crippen molar-refractivity contribution in [3.8, 4) is 0 Å². The van der Waals surface area contributed by atoms with Crippen LogP contribution in [0.3, 0.4) is 0 Å². The van der Waals surface area contributed by atoms with Gasteiger partial charge in [-0.15, -0.1) is 0 Å². The molecule has 0 aromatic heterocycles. The Hall–Kier alpha value is -0.900. The second-order valence-electron chi connectivity index (χ2n) is 11.8. The standard InChI is InChI=1S/C28H46O3/c1-18(9-7-15-27(4,5)31)23-13-14-24-21(10-8-16-28(23,24)6)11-12-22-17-25(29)20(3)26(30)19(22)2/h11-12,18,20,23-26,29-31H,2,7-10,13-17H2,1,3-6H3/b21-11+,22-12+/t18-,20-,23?,24?,25+,26+,28?/m0/s1. The summed E-state index contributed by atoms with van der Waals surface area (Å²) in [7, 11) is 0. The minimum absolute atomic E-state index is 0.149. The van der Waals surface area contributed by atoms with E-state index in [0.717, 1.165) is 36.3 Å². The maximum atomic E-state index is 10.4. The molecule has 3 aliphatic rings. The number of allylic oxidation sites excluding steroid dienone is 3. The van der Waals surface area contributed by atoms with Crippen LogP contribution < -0.4 is 0 Å². The molecule has 0 aromatic carbocycles. The van der Waals surface area contributed by atoms with Crippen molar-refractivity contribution in [3.05, 3.63) is 35.5 Å². The second kappa shape index (κ2) is 9.53. The predicted octanol–water partition coefficient (Wildman–Crippen LogP) is 5.95. The highest BCUT2D eigenvalue weighted by molar-refractivity contribution is 5.39. The van der Waals surface area contributed by atoms with E-state index in [1.807, 2.05) is 20.8 Å². The Labute approximate surface area is 190 Å². The van der Waals surface area contributed by atoms with Crippen molar-refractivity contribution in [2.24, 2.45) is 29.1 Å². The molecule has 3 heteroatoms. The summed E-state index contributed by atoms with van der Waals surface area (Å²) < 4.78 is 0. The number of hydrogen-bond donors (Lipinski definition) is 3. The van der Waals surface area contributed by atoms with E-state index in [1.54, 1.807) is 5.57 Å². The maximum Gasteiger partial charge on any atom is 0.0837 e. The van der Waals surface area contributed by atoms with Gasteiger partial charge in [-0.05, 0) is 93.1 Å². The molecule has 0 bridgehead atoms. The molecule has 0 spiro atoms. The quantitative estimate of drug-likeness (QED) is 0.488. The third kappa shape index (κ3) is 5.37. The second-order valence-corrected chi connectivity index (χ2v) is 11.8.